The molecule has 0 aliphatic carbocycles. The Morgan fingerprint density at radius 3 is 2.26 bits per heavy atom. The zero-order chi connectivity index (χ0) is 16.4. The first-order chi connectivity index (χ1) is 11.1. The van der Waals surface area contributed by atoms with Gasteiger partial charge in [0.05, 0.1) is 0 Å². The van der Waals surface area contributed by atoms with Gasteiger partial charge in [0.2, 0.25) is 0 Å². The van der Waals surface area contributed by atoms with Crippen LogP contribution in [-0.2, 0) is 0 Å². The second-order valence-corrected chi connectivity index (χ2v) is 5.28. The Labute approximate surface area is 133 Å². The fraction of sp³-hybridized carbons (Fsp3) is 0.111. The fourth-order valence-corrected chi connectivity index (χ4v) is 2.43. The van der Waals surface area contributed by atoms with E-state index in [0.717, 1.165) is 16.5 Å². The summed E-state index contributed by atoms with van der Waals surface area (Å²) < 4.78 is 5.67. The normalized spacial score (nSPS) is 10.5. The number of hydrogen-bond acceptors (Lipinski definition) is 3. The van der Waals surface area contributed by atoms with E-state index in [2.05, 4.69) is 10.9 Å². The van der Waals surface area contributed by atoms with Crippen LogP contribution in [0, 0.1) is 13.8 Å². The second-order valence-electron chi connectivity index (χ2n) is 5.28. The van der Waals surface area contributed by atoms with Crippen LogP contribution < -0.4 is 10.9 Å². The molecule has 3 aromatic rings. The highest BCUT2D eigenvalue weighted by Gasteiger charge is 2.19. The van der Waals surface area contributed by atoms with E-state index >= 15 is 0 Å². The zero-order valence-electron chi connectivity index (χ0n) is 12.8. The largest absolute Gasteiger partial charge is 0.450 e. The van der Waals surface area contributed by atoms with Gasteiger partial charge < -0.3 is 4.42 Å². The van der Waals surface area contributed by atoms with Crippen molar-refractivity contribution in [3.05, 3.63) is 71.0 Å². The van der Waals surface area contributed by atoms with Crippen molar-refractivity contribution in [1.29, 1.82) is 0 Å². The molecule has 116 valence electrons. The number of para-hydroxylation sites is 1. The highest BCUT2D eigenvalue weighted by Crippen LogP contribution is 2.27. The molecule has 0 bridgehead atoms. The van der Waals surface area contributed by atoms with Gasteiger partial charge in [0.1, 0.15) is 5.58 Å². The number of furan rings is 1. The van der Waals surface area contributed by atoms with Crippen molar-refractivity contribution in [2.45, 2.75) is 13.8 Å². The van der Waals surface area contributed by atoms with Crippen LogP contribution >= 0.6 is 0 Å². The third-order valence-electron chi connectivity index (χ3n) is 3.69. The Hall–Kier alpha value is -3.08. The van der Waals surface area contributed by atoms with Crippen LogP contribution in [0.5, 0.6) is 0 Å². The Kier molecular flexibility index (Phi) is 3.85. The Bertz CT molecular complexity index is 882. The molecule has 0 spiro atoms. The number of aryl methyl sites for hydroxylation is 2. The predicted octanol–water partition coefficient (Wildman–Crippen LogP) is 3.12. The average Bonchev–Trinajstić information content (AvgIpc) is 2.92. The van der Waals surface area contributed by atoms with Gasteiger partial charge in [0.25, 0.3) is 5.91 Å². The number of amides is 2. The molecule has 0 fully saturated rings. The van der Waals surface area contributed by atoms with Gasteiger partial charge in [-0.15, -0.1) is 0 Å². The summed E-state index contributed by atoms with van der Waals surface area (Å²) in [5.74, 6) is -0.672. The minimum Gasteiger partial charge on any atom is -0.450 e. The van der Waals surface area contributed by atoms with Crippen LogP contribution in [-0.4, -0.2) is 11.8 Å². The molecule has 2 amide bonds. The van der Waals surface area contributed by atoms with Crippen molar-refractivity contribution in [3.63, 3.8) is 0 Å². The molecule has 0 saturated heterocycles. The van der Waals surface area contributed by atoms with Crippen LogP contribution in [0.25, 0.3) is 11.0 Å². The number of carbonyl (C=O) groups is 2. The molecule has 23 heavy (non-hydrogen) atoms. The molecular formula is C18H16N2O3. The van der Waals surface area contributed by atoms with E-state index in [-0.39, 0.29) is 11.7 Å². The average molecular weight is 308 g/mol. The molecule has 1 heterocycles. The lowest BCUT2D eigenvalue weighted by Gasteiger charge is -2.06. The Morgan fingerprint density at radius 2 is 1.57 bits per heavy atom. The monoisotopic (exact) mass is 308 g/mol. The van der Waals surface area contributed by atoms with E-state index in [4.69, 9.17) is 4.42 Å². The maximum atomic E-state index is 12.3. The molecule has 5 heteroatoms. The maximum absolute atomic E-state index is 12.3. The second kappa shape index (κ2) is 5.96. The Morgan fingerprint density at radius 1 is 0.870 bits per heavy atom. The van der Waals surface area contributed by atoms with E-state index in [1.54, 1.807) is 24.3 Å². The predicted molar refractivity (Wildman–Crippen MR) is 87.1 cm³/mol. The van der Waals surface area contributed by atoms with Crippen LogP contribution in [0.3, 0.4) is 0 Å². The van der Waals surface area contributed by atoms with Crippen molar-refractivity contribution in [3.8, 4) is 0 Å². The third kappa shape index (κ3) is 2.81. The van der Waals surface area contributed by atoms with Gasteiger partial charge in [-0.3, -0.25) is 20.4 Å². The number of hydrogen-bond donors (Lipinski definition) is 2. The van der Waals surface area contributed by atoms with Crippen LogP contribution in [0.4, 0.5) is 0 Å². The van der Waals surface area contributed by atoms with E-state index in [0.29, 0.717) is 11.1 Å². The summed E-state index contributed by atoms with van der Waals surface area (Å²) >= 11 is 0. The first-order valence-corrected chi connectivity index (χ1v) is 7.22. The summed E-state index contributed by atoms with van der Waals surface area (Å²) in [5.41, 5.74) is 7.62. The van der Waals surface area contributed by atoms with Crippen molar-refractivity contribution in [2.24, 2.45) is 0 Å². The van der Waals surface area contributed by atoms with Gasteiger partial charge in [0, 0.05) is 16.5 Å². The fourth-order valence-electron chi connectivity index (χ4n) is 2.43. The van der Waals surface area contributed by atoms with E-state index < -0.39 is 5.91 Å². The lowest BCUT2D eigenvalue weighted by Crippen LogP contribution is -2.41. The van der Waals surface area contributed by atoms with Gasteiger partial charge in [-0.25, -0.2) is 0 Å². The molecule has 3 rings (SSSR count). The summed E-state index contributed by atoms with van der Waals surface area (Å²) in [5, 5.41) is 0.893. The molecule has 0 radical (unpaired) electrons. The lowest BCUT2D eigenvalue weighted by molar-refractivity contribution is 0.0831. The molecule has 0 aliphatic rings. The number of benzene rings is 2. The van der Waals surface area contributed by atoms with Gasteiger partial charge in [0.15, 0.2) is 5.76 Å². The molecule has 0 saturated carbocycles. The zero-order valence-corrected chi connectivity index (χ0v) is 12.8. The van der Waals surface area contributed by atoms with Gasteiger partial charge in [-0.1, -0.05) is 36.4 Å². The quantitative estimate of drug-likeness (QED) is 0.715. The smallest absolute Gasteiger partial charge is 0.305 e. The standard InChI is InChI=1S/C18H16N2O3/c1-11-7-6-10-14-12(2)16(23-15(11)14)18(22)20-19-17(21)13-8-4-3-5-9-13/h3-10H,1-2H3,(H,19,21)(H,20,22). The highest BCUT2D eigenvalue weighted by molar-refractivity contribution is 6.01. The Balaban J connectivity index is 1.78. The summed E-state index contributed by atoms with van der Waals surface area (Å²) in [6.45, 7) is 3.74. The molecule has 0 unspecified atom stereocenters. The first-order valence-electron chi connectivity index (χ1n) is 7.22. The van der Waals surface area contributed by atoms with E-state index in [1.165, 1.54) is 0 Å². The topological polar surface area (TPSA) is 71.3 Å². The molecule has 0 aliphatic heterocycles. The molecule has 1 aromatic heterocycles. The molecule has 2 aromatic carbocycles. The lowest BCUT2D eigenvalue weighted by atomic mass is 10.1. The number of rotatable bonds is 2. The minimum atomic E-state index is -0.484. The first kappa shape index (κ1) is 14.8. The van der Waals surface area contributed by atoms with Crippen molar-refractivity contribution in [1.82, 2.24) is 10.9 Å². The summed E-state index contributed by atoms with van der Waals surface area (Å²) in [6.07, 6.45) is 0. The van der Waals surface area contributed by atoms with Crippen molar-refractivity contribution in [2.75, 3.05) is 0 Å². The van der Waals surface area contributed by atoms with E-state index in [9.17, 15) is 9.59 Å². The van der Waals surface area contributed by atoms with Gasteiger partial charge in [-0.05, 0) is 31.5 Å². The van der Waals surface area contributed by atoms with Crippen LogP contribution in [0.1, 0.15) is 32.0 Å². The number of hydrazine groups is 1. The summed E-state index contributed by atoms with van der Waals surface area (Å²) in [7, 11) is 0. The maximum Gasteiger partial charge on any atom is 0.305 e. The highest BCUT2D eigenvalue weighted by atomic mass is 16.3. The molecule has 0 atom stereocenters. The van der Waals surface area contributed by atoms with Gasteiger partial charge in [-0.2, -0.15) is 0 Å². The number of fused-ring (bicyclic) bond motifs is 1. The van der Waals surface area contributed by atoms with Crippen molar-refractivity contribution < 1.29 is 14.0 Å². The molecule has 5 nitrogen and oxygen atoms in total. The summed E-state index contributed by atoms with van der Waals surface area (Å²) in [6, 6.07) is 14.4. The van der Waals surface area contributed by atoms with Crippen LogP contribution in [0.15, 0.2) is 52.9 Å². The van der Waals surface area contributed by atoms with Gasteiger partial charge >= 0.3 is 5.91 Å². The SMILES string of the molecule is Cc1c(C(=O)NNC(=O)c2ccccc2)oc2c(C)cccc12. The molecule has 2 N–H and O–H groups in total. The molecular weight excluding hydrogens is 292 g/mol. The van der Waals surface area contributed by atoms with Crippen LogP contribution in [0.2, 0.25) is 0 Å². The number of carbonyl (C=O) groups excluding carboxylic acids is 2. The summed E-state index contributed by atoms with van der Waals surface area (Å²) in [4.78, 5) is 24.2. The van der Waals surface area contributed by atoms with Crippen molar-refractivity contribution >= 4 is 22.8 Å². The minimum absolute atomic E-state index is 0.197. The van der Waals surface area contributed by atoms with E-state index in [1.807, 2.05) is 38.1 Å². The third-order valence-corrected chi connectivity index (χ3v) is 3.69. The number of nitrogens with one attached hydrogen (secondary N) is 2.